The van der Waals surface area contributed by atoms with Crippen LogP contribution >= 0.6 is 0 Å². The van der Waals surface area contributed by atoms with Gasteiger partial charge in [-0.2, -0.15) is 0 Å². The second-order valence-corrected chi connectivity index (χ2v) is 20.1. The van der Waals surface area contributed by atoms with Crippen molar-refractivity contribution in [3.8, 4) is 0 Å². The van der Waals surface area contributed by atoms with E-state index in [1.165, 1.54) is 173 Å². The van der Waals surface area contributed by atoms with E-state index < -0.39 is 0 Å². The van der Waals surface area contributed by atoms with Crippen LogP contribution < -0.4 is 0 Å². The lowest BCUT2D eigenvalue weighted by Gasteiger charge is -2.16. The first-order chi connectivity index (χ1) is 31.8. The molecular weight excluding hydrogens is 807 g/mol. The molecule has 0 fully saturated rings. The second-order valence-electron chi connectivity index (χ2n) is 20.1. The van der Waals surface area contributed by atoms with Crippen LogP contribution in [0.2, 0.25) is 0 Å². The quantitative estimate of drug-likeness (QED) is 0.0260. The Hall–Kier alpha value is -1.63. The number of rotatable bonds is 51. The fraction of sp³-hybridized carbons (Fsp3) is 0.948. The zero-order valence-electron chi connectivity index (χ0n) is 45.0. The Kier molecular flexibility index (Phi) is 55.4. The number of carbonyl (C=O) groups excluding carboxylic acids is 3. The minimum atomic E-state index is 0.0509. The summed E-state index contributed by atoms with van der Waals surface area (Å²) in [5, 5.41) is 0. The van der Waals surface area contributed by atoms with Crippen LogP contribution in [0, 0.1) is 11.8 Å². The predicted molar refractivity (Wildman–Crippen MR) is 281 cm³/mol. The maximum absolute atomic E-state index is 12.9. The highest BCUT2D eigenvalue weighted by Gasteiger charge is 2.20. The van der Waals surface area contributed by atoms with Gasteiger partial charge >= 0.3 is 11.9 Å². The van der Waals surface area contributed by atoms with E-state index in [0.717, 1.165) is 103 Å². The Labute approximate surface area is 406 Å². The molecule has 0 N–H and O–H groups in total. The molecule has 7 nitrogen and oxygen atoms in total. The van der Waals surface area contributed by atoms with Gasteiger partial charge in [0, 0.05) is 0 Å². The lowest BCUT2D eigenvalue weighted by atomic mass is 9.94. The molecule has 0 aliphatic rings. The van der Waals surface area contributed by atoms with Gasteiger partial charge in [0.25, 0.3) is 6.47 Å². The molecule has 0 heterocycles. The van der Waals surface area contributed by atoms with Crippen molar-refractivity contribution in [2.24, 2.45) is 11.8 Å². The van der Waals surface area contributed by atoms with Crippen molar-refractivity contribution >= 4 is 18.4 Å². The lowest BCUT2D eigenvalue weighted by Crippen LogP contribution is -2.18. The molecule has 0 saturated carbocycles. The van der Waals surface area contributed by atoms with Gasteiger partial charge in [-0.15, -0.1) is 0 Å². The number of esters is 2. The summed E-state index contributed by atoms with van der Waals surface area (Å²) in [6.07, 6.45) is 49.5. The molecule has 0 saturated heterocycles. The number of ether oxygens (including phenoxy) is 3. The Balaban J connectivity index is 0. The molecule has 0 aromatic rings. The molecule has 7 heteroatoms. The van der Waals surface area contributed by atoms with Crippen LogP contribution in [0.1, 0.15) is 304 Å². The molecule has 388 valence electrons. The van der Waals surface area contributed by atoms with E-state index in [1.54, 1.807) is 0 Å². The molecule has 0 aliphatic heterocycles. The molecular formula is C58H115NO6. The van der Waals surface area contributed by atoms with Crippen LogP contribution in [0.3, 0.4) is 0 Å². The van der Waals surface area contributed by atoms with Crippen LogP contribution in [0.15, 0.2) is 0 Å². The van der Waals surface area contributed by atoms with Crippen molar-refractivity contribution in [1.29, 1.82) is 0 Å². The predicted octanol–water partition coefficient (Wildman–Crippen LogP) is 17.9. The molecule has 0 spiro atoms. The topological polar surface area (TPSA) is 82.1 Å². The SMILES string of the molecule is CCCCCCCCC(CCCCCC)C(=O)OCCCCCCCCCC(CCCCCCCCCOC(=O)C(CCCCCC)CCCCCCCC)OC=O.CCCCN(C)C. The van der Waals surface area contributed by atoms with Gasteiger partial charge < -0.3 is 19.1 Å². The van der Waals surface area contributed by atoms with Crippen molar-refractivity contribution in [3.63, 3.8) is 0 Å². The minimum Gasteiger partial charge on any atom is -0.465 e. The summed E-state index contributed by atoms with van der Waals surface area (Å²) in [5.41, 5.74) is 0. The highest BCUT2D eigenvalue weighted by Crippen LogP contribution is 2.23. The first-order valence-electron chi connectivity index (χ1n) is 28.9. The Bertz CT molecular complexity index is 895. The van der Waals surface area contributed by atoms with Crippen molar-refractivity contribution < 1.29 is 28.6 Å². The van der Waals surface area contributed by atoms with Crippen molar-refractivity contribution in [2.45, 2.75) is 310 Å². The largest absolute Gasteiger partial charge is 0.465 e. The molecule has 0 aromatic carbocycles. The summed E-state index contributed by atoms with van der Waals surface area (Å²) >= 11 is 0. The van der Waals surface area contributed by atoms with Crippen molar-refractivity contribution in [2.75, 3.05) is 33.9 Å². The number of carbonyl (C=O) groups is 3. The van der Waals surface area contributed by atoms with Crippen molar-refractivity contribution in [3.05, 3.63) is 0 Å². The smallest absolute Gasteiger partial charge is 0.308 e. The van der Waals surface area contributed by atoms with E-state index in [9.17, 15) is 14.4 Å². The molecule has 0 radical (unpaired) electrons. The standard InChI is InChI=1S/C52H100O6.C6H15N/c1-5-9-13-17-25-33-41-48(39-31-15-11-7-3)51(54)56-45-37-29-23-19-21-27-35-43-50(58-47-53)44-36-28-22-20-24-30-38-46-57-52(55)49(40-32-16-12-8-4)42-34-26-18-14-10-6-2;1-4-5-6-7(2)3/h47-50H,5-46H2,1-4H3;4-6H2,1-3H3. The van der Waals surface area contributed by atoms with Crippen LogP contribution in [0.25, 0.3) is 0 Å². The summed E-state index contributed by atoms with van der Waals surface area (Å²) in [6.45, 7) is 14.2. The van der Waals surface area contributed by atoms with Crippen LogP contribution in [-0.2, 0) is 28.6 Å². The monoisotopic (exact) mass is 922 g/mol. The fourth-order valence-electron chi connectivity index (χ4n) is 8.87. The number of nitrogens with zero attached hydrogens (tertiary/aromatic N) is 1. The second kappa shape index (κ2) is 55.0. The third-order valence-electron chi connectivity index (χ3n) is 13.3. The van der Waals surface area contributed by atoms with E-state index in [4.69, 9.17) is 14.2 Å². The van der Waals surface area contributed by atoms with Crippen molar-refractivity contribution in [1.82, 2.24) is 4.90 Å². The van der Waals surface area contributed by atoms with Gasteiger partial charge in [-0.25, -0.2) is 0 Å². The summed E-state index contributed by atoms with van der Waals surface area (Å²) < 4.78 is 17.0. The zero-order valence-corrected chi connectivity index (χ0v) is 45.0. The molecule has 0 aromatic heterocycles. The van der Waals surface area contributed by atoms with E-state index in [0.29, 0.717) is 19.7 Å². The normalized spacial score (nSPS) is 12.7. The van der Waals surface area contributed by atoms with E-state index in [-0.39, 0.29) is 29.9 Å². The van der Waals surface area contributed by atoms with Gasteiger partial charge in [0.15, 0.2) is 0 Å². The average Bonchev–Trinajstić information content (AvgIpc) is 3.30. The van der Waals surface area contributed by atoms with E-state index >= 15 is 0 Å². The van der Waals surface area contributed by atoms with Gasteiger partial charge in [0.2, 0.25) is 0 Å². The summed E-state index contributed by atoms with van der Waals surface area (Å²) in [7, 11) is 4.21. The van der Waals surface area contributed by atoms with E-state index in [1.807, 2.05) is 0 Å². The first kappa shape index (κ1) is 65.5. The molecule has 0 bridgehead atoms. The van der Waals surface area contributed by atoms with Gasteiger partial charge in [-0.05, 0) is 91.3 Å². The van der Waals surface area contributed by atoms with E-state index in [2.05, 4.69) is 53.6 Å². The maximum atomic E-state index is 12.9. The maximum Gasteiger partial charge on any atom is 0.308 e. The third-order valence-corrected chi connectivity index (χ3v) is 13.3. The Morgan fingerprint density at radius 1 is 0.369 bits per heavy atom. The molecule has 0 aliphatic carbocycles. The third kappa shape index (κ3) is 50.1. The molecule has 2 atom stereocenters. The van der Waals surface area contributed by atoms with Gasteiger partial charge in [-0.3, -0.25) is 14.4 Å². The Morgan fingerprint density at radius 2 is 0.631 bits per heavy atom. The fourth-order valence-corrected chi connectivity index (χ4v) is 8.87. The van der Waals surface area contributed by atoms with Crippen LogP contribution in [0.5, 0.6) is 0 Å². The van der Waals surface area contributed by atoms with Crippen LogP contribution in [-0.4, -0.2) is 63.3 Å². The van der Waals surface area contributed by atoms with Crippen LogP contribution in [0.4, 0.5) is 0 Å². The number of hydrogen-bond donors (Lipinski definition) is 0. The summed E-state index contributed by atoms with van der Waals surface area (Å²) in [6, 6.07) is 0. The van der Waals surface area contributed by atoms with Gasteiger partial charge in [-0.1, -0.05) is 234 Å². The molecule has 0 rings (SSSR count). The zero-order chi connectivity index (χ0) is 48.1. The molecule has 2 unspecified atom stereocenters. The van der Waals surface area contributed by atoms with Gasteiger partial charge in [0.05, 0.1) is 25.0 Å². The summed E-state index contributed by atoms with van der Waals surface area (Å²) in [5.74, 6) is 0.299. The highest BCUT2D eigenvalue weighted by atomic mass is 16.5. The molecule has 65 heavy (non-hydrogen) atoms. The number of unbranched alkanes of at least 4 members (excludes halogenated alkanes) is 29. The highest BCUT2D eigenvalue weighted by molar-refractivity contribution is 5.72. The summed E-state index contributed by atoms with van der Waals surface area (Å²) in [4.78, 5) is 39.1. The minimum absolute atomic E-state index is 0.0509. The Morgan fingerprint density at radius 3 is 0.908 bits per heavy atom. The van der Waals surface area contributed by atoms with Gasteiger partial charge in [0.1, 0.15) is 6.10 Å². The first-order valence-corrected chi connectivity index (χ1v) is 28.9. The molecule has 0 amide bonds. The number of hydrogen-bond acceptors (Lipinski definition) is 7. The lowest BCUT2D eigenvalue weighted by molar-refractivity contribution is -0.150. The average molecular weight is 923 g/mol.